The maximum absolute atomic E-state index is 13.3. The zero-order valence-electron chi connectivity index (χ0n) is 47.4. The molecular weight excluding hydrogens is 943 g/mol. The first-order chi connectivity index (χ1) is 36.7. The van der Waals surface area contributed by atoms with Crippen molar-refractivity contribution in [2.75, 3.05) is 13.2 Å². The van der Waals surface area contributed by atoms with Crippen LogP contribution in [0.4, 0.5) is 0 Å². The van der Waals surface area contributed by atoms with E-state index in [1.54, 1.807) is 6.08 Å². The predicted octanol–water partition coefficient (Wildman–Crippen LogP) is 13.9. The van der Waals surface area contributed by atoms with E-state index < -0.39 is 67.4 Å². The van der Waals surface area contributed by atoms with E-state index in [1.165, 1.54) is 77.0 Å². The van der Waals surface area contributed by atoms with Crippen LogP contribution in [-0.2, 0) is 23.8 Å². The fourth-order valence-corrected chi connectivity index (χ4v) is 8.71. The van der Waals surface area contributed by atoms with Crippen LogP contribution in [0.1, 0.15) is 233 Å². The van der Waals surface area contributed by atoms with E-state index in [2.05, 4.69) is 111 Å². The Kier molecular flexibility index (Phi) is 47.6. The minimum Gasteiger partial charge on any atom is -0.454 e. The minimum atomic E-state index is -1.63. The Labute approximate surface area is 456 Å². The maximum atomic E-state index is 13.3. The monoisotopic (exact) mass is 1050 g/mol. The fraction of sp³-hybridized carbons (Fsp3) is 0.719. The molecule has 75 heavy (non-hydrogen) atoms. The van der Waals surface area contributed by atoms with Crippen LogP contribution in [0, 0.1) is 0 Å². The summed E-state index contributed by atoms with van der Waals surface area (Å²) in [6.45, 7) is 5.61. The Hall–Kier alpha value is -3.42. The van der Waals surface area contributed by atoms with E-state index in [0.29, 0.717) is 12.8 Å². The molecule has 0 aliphatic carbocycles. The zero-order chi connectivity index (χ0) is 54.7. The van der Waals surface area contributed by atoms with E-state index in [0.717, 1.165) is 109 Å². The first-order valence-electron chi connectivity index (χ1n) is 30.0. The number of ether oxygens (including phenoxy) is 3. The van der Waals surface area contributed by atoms with Gasteiger partial charge in [0, 0.05) is 6.42 Å². The Balaban J connectivity index is 2.68. The highest BCUT2D eigenvalue weighted by Crippen LogP contribution is 2.26. The van der Waals surface area contributed by atoms with Crippen LogP contribution in [0.5, 0.6) is 0 Å². The Morgan fingerprint density at radius 1 is 0.533 bits per heavy atom. The number of aliphatic hydroxyl groups is 5. The molecule has 1 heterocycles. The standard InChI is InChI=1S/C64H109NO10/c1-4-7-10-13-16-19-22-24-25-26-27-28-29-30-31-32-33-34-37-40-43-46-49-52-59(69)75-62-61(71)60(70)58(53-66)74-64(62)73-54-55(56(67)50-47-44-41-38-35-21-18-15-12-9-6-3)65-63(72)57(68)51-48-45-42-39-36-23-20-17-14-11-8-5-2/h7,10,16,19,24-25,27-28,30-31,33-34,36,39,47,50,55-58,60-62,64,66-68,70-71H,4-6,8-9,11-15,17-18,20-23,26,29,32,35,37-38,40-46,48-49,51-54H2,1-3H3,(H,65,72)/b10-7-,19-16-,25-24-,28-27-,31-30-,34-33-,39-36-,50-47+. The Bertz CT molecular complexity index is 1580. The van der Waals surface area contributed by atoms with Crippen molar-refractivity contribution in [3.05, 3.63) is 97.2 Å². The van der Waals surface area contributed by atoms with Gasteiger partial charge in [-0.1, -0.05) is 221 Å². The van der Waals surface area contributed by atoms with Crippen LogP contribution < -0.4 is 5.32 Å². The van der Waals surface area contributed by atoms with Gasteiger partial charge in [0.05, 0.1) is 25.4 Å². The molecule has 8 unspecified atom stereocenters. The maximum Gasteiger partial charge on any atom is 0.306 e. The van der Waals surface area contributed by atoms with Gasteiger partial charge in [-0.25, -0.2) is 0 Å². The molecule has 0 spiro atoms. The fourth-order valence-electron chi connectivity index (χ4n) is 8.71. The quantitative estimate of drug-likeness (QED) is 0.0195. The molecule has 1 saturated heterocycles. The summed E-state index contributed by atoms with van der Waals surface area (Å²) in [5.41, 5.74) is 0. The summed E-state index contributed by atoms with van der Waals surface area (Å²) < 4.78 is 17.6. The average molecular weight is 1050 g/mol. The van der Waals surface area contributed by atoms with Crippen molar-refractivity contribution in [2.24, 2.45) is 0 Å². The minimum absolute atomic E-state index is 0.0872. The highest BCUT2D eigenvalue weighted by molar-refractivity contribution is 5.80. The SMILES string of the molecule is CC/C=C\C/C=C\C/C=C\C/C=C\C/C=C\C/C=C\CCCCCCC(=O)OC1C(OCC(NC(=O)C(O)CCCC/C=C\CCCCCCCC)C(O)/C=C/CCCCCCCCCCC)OC(CO)C(O)C1O. The summed E-state index contributed by atoms with van der Waals surface area (Å²) in [6.07, 6.45) is 57.4. The van der Waals surface area contributed by atoms with Crippen LogP contribution in [-0.4, -0.2) is 99.6 Å². The molecule has 0 aromatic heterocycles. The lowest BCUT2D eigenvalue weighted by molar-refractivity contribution is -0.305. The average Bonchev–Trinajstić information content (AvgIpc) is 3.41. The van der Waals surface area contributed by atoms with Crippen LogP contribution in [0.15, 0.2) is 97.2 Å². The molecule has 1 amide bonds. The topological polar surface area (TPSA) is 175 Å². The number of amides is 1. The van der Waals surface area contributed by atoms with E-state index in [9.17, 15) is 35.1 Å². The predicted molar refractivity (Wildman–Crippen MR) is 310 cm³/mol. The Morgan fingerprint density at radius 3 is 1.45 bits per heavy atom. The number of unbranched alkanes of at least 4 members (excludes halogenated alkanes) is 21. The second kappa shape index (κ2) is 51.3. The van der Waals surface area contributed by atoms with Crippen molar-refractivity contribution >= 4 is 11.9 Å². The molecule has 1 fully saturated rings. The van der Waals surface area contributed by atoms with Crippen molar-refractivity contribution in [1.29, 1.82) is 0 Å². The van der Waals surface area contributed by atoms with Gasteiger partial charge in [0.25, 0.3) is 0 Å². The van der Waals surface area contributed by atoms with Gasteiger partial charge in [-0.15, -0.1) is 0 Å². The van der Waals surface area contributed by atoms with E-state index in [1.807, 2.05) is 6.08 Å². The molecule has 430 valence electrons. The highest BCUT2D eigenvalue weighted by Gasteiger charge is 2.47. The van der Waals surface area contributed by atoms with Crippen LogP contribution >= 0.6 is 0 Å². The summed E-state index contributed by atoms with van der Waals surface area (Å²) in [5, 5.41) is 56.8. The highest BCUT2D eigenvalue weighted by atomic mass is 16.7. The number of allylic oxidation sites excluding steroid dienone is 15. The number of nitrogens with one attached hydrogen (secondary N) is 1. The lowest BCUT2D eigenvalue weighted by Crippen LogP contribution is -2.61. The van der Waals surface area contributed by atoms with Crippen molar-refractivity contribution in [3.63, 3.8) is 0 Å². The number of esters is 1. The van der Waals surface area contributed by atoms with Crippen LogP contribution in [0.3, 0.4) is 0 Å². The van der Waals surface area contributed by atoms with Crippen molar-refractivity contribution in [1.82, 2.24) is 5.32 Å². The largest absolute Gasteiger partial charge is 0.454 e. The molecule has 0 bridgehead atoms. The number of carbonyl (C=O) groups excluding carboxylic acids is 2. The molecular formula is C64H109NO10. The van der Waals surface area contributed by atoms with Gasteiger partial charge in [0.2, 0.25) is 5.91 Å². The third-order valence-electron chi connectivity index (χ3n) is 13.5. The zero-order valence-corrected chi connectivity index (χ0v) is 47.4. The van der Waals surface area contributed by atoms with E-state index in [-0.39, 0.29) is 19.4 Å². The molecule has 0 saturated carbocycles. The molecule has 8 atom stereocenters. The van der Waals surface area contributed by atoms with Crippen molar-refractivity contribution < 1.29 is 49.3 Å². The number of aliphatic hydroxyl groups excluding tert-OH is 5. The summed E-state index contributed by atoms with van der Waals surface area (Å²) in [5.74, 6) is -1.24. The molecule has 1 rings (SSSR count). The molecule has 11 nitrogen and oxygen atoms in total. The van der Waals surface area contributed by atoms with Gasteiger partial charge in [-0.2, -0.15) is 0 Å². The van der Waals surface area contributed by atoms with Crippen LogP contribution in [0.2, 0.25) is 0 Å². The molecule has 0 radical (unpaired) electrons. The first-order valence-corrected chi connectivity index (χ1v) is 30.0. The van der Waals surface area contributed by atoms with E-state index >= 15 is 0 Å². The van der Waals surface area contributed by atoms with Gasteiger partial charge >= 0.3 is 5.97 Å². The molecule has 1 aliphatic heterocycles. The van der Waals surface area contributed by atoms with Crippen molar-refractivity contribution in [2.45, 2.75) is 282 Å². The lowest BCUT2D eigenvalue weighted by Gasteiger charge is -2.41. The van der Waals surface area contributed by atoms with Gasteiger partial charge in [-0.3, -0.25) is 9.59 Å². The number of carbonyl (C=O) groups is 2. The van der Waals surface area contributed by atoms with Crippen molar-refractivity contribution in [3.8, 4) is 0 Å². The first kappa shape index (κ1) is 69.6. The second-order valence-electron chi connectivity index (χ2n) is 20.3. The summed E-state index contributed by atoms with van der Waals surface area (Å²) in [4.78, 5) is 26.5. The molecule has 6 N–H and O–H groups in total. The van der Waals surface area contributed by atoms with Gasteiger partial charge in [0.1, 0.15) is 24.4 Å². The number of hydrogen-bond acceptors (Lipinski definition) is 10. The summed E-state index contributed by atoms with van der Waals surface area (Å²) in [7, 11) is 0. The van der Waals surface area contributed by atoms with Gasteiger partial charge < -0.3 is 45.1 Å². The molecule has 0 aromatic carbocycles. The van der Waals surface area contributed by atoms with E-state index in [4.69, 9.17) is 14.2 Å². The summed E-state index contributed by atoms with van der Waals surface area (Å²) in [6, 6.07) is -1.04. The smallest absolute Gasteiger partial charge is 0.306 e. The summed E-state index contributed by atoms with van der Waals surface area (Å²) >= 11 is 0. The molecule has 0 aromatic rings. The third-order valence-corrected chi connectivity index (χ3v) is 13.5. The molecule has 1 aliphatic rings. The molecule has 11 heteroatoms. The lowest BCUT2D eigenvalue weighted by atomic mass is 9.99. The van der Waals surface area contributed by atoms with Gasteiger partial charge in [0.15, 0.2) is 12.4 Å². The normalized spacial score (nSPS) is 19.9. The van der Waals surface area contributed by atoms with Crippen LogP contribution in [0.25, 0.3) is 0 Å². The number of hydrogen-bond donors (Lipinski definition) is 6. The second-order valence-corrected chi connectivity index (χ2v) is 20.3. The Morgan fingerprint density at radius 2 is 0.960 bits per heavy atom. The van der Waals surface area contributed by atoms with Gasteiger partial charge in [-0.05, 0) is 103 Å². The third kappa shape index (κ3) is 39.6. The number of rotatable bonds is 49.